The van der Waals surface area contributed by atoms with Crippen molar-refractivity contribution in [2.45, 2.75) is 42.6 Å². The van der Waals surface area contributed by atoms with Crippen LogP contribution in [-0.2, 0) is 4.74 Å². The van der Waals surface area contributed by atoms with E-state index in [-0.39, 0.29) is 51.1 Å². The van der Waals surface area contributed by atoms with Crippen molar-refractivity contribution in [3.63, 3.8) is 0 Å². The first-order valence-electron chi connectivity index (χ1n) is 21.9. The summed E-state index contributed by atoms with van der Waals surface area (Å²) in [4.78, 5) is 41.4. The summed E-state index contributed by atoms with van der Waals surface area (Å²) in [6.07, 6.45) is -10.7. The second-order valence-electron chi connectivity index (χ2n) is 16.5. The molecule has 0 fully saturated rings. The molecule has 0 saturated carbocycles. The van der Waals surface area contributed by atoms with Crippen LogP contribution >= 0.6 is 23.2 Å². The number of para-hydroxylation sites is 1. The third-order valence-corrected chi connectivity index (χ3v) is 12.3. The van der Waals surface area contributed by atoms with Gasteiger partial charge in [-0.1, -0.05) is 53.5 Å². The van der Waals surface area contributed by atoms with Gasteiger partial charge < -0.3 is 55.5 Å². The maximum absolute atomic E-state index is 14.7. The fourth-order valence-electron chi connectivity index (χ4n) is 7.66. The van der Waals surface area contributed by atoms with Gasteiger partial charge in [-0.3, -0.25) is 14.4 Å². The molecule has 3 aromatic heterocycles. The van der Waals surface area contributed by atoms with E-state index in [0.29, 0.717) is 6.07 Å². The molecule has 4 atom stereocenters. The number of aromatic hydroxyl groups is 1. The predicted octanol–water partition coefficient (Wildman–Crippen LogP) is 10.1. The number of hydrogen-bond donors (Lipinski definition) is 9. The molecule has 4 unspecified atom stereocenters. The summed E-state index contributed by atoms with van der Waals surface area (Å²) in [5.41, 5.74) is -9.65. The topological polar surface area (TPSA) is 222 Å². The zero-order valence-corrected chi connectivity index (χ0v) is 40.5. The molecular weight excluding hydrogens is 1080 g/mol. The molecule has 0 aliphatic carbocycles. The van der Waals surface area contributed by atoms with Crippen LogP contribution in [0.3, 0.4) is 0 Å². The van der Waals surface area contributed by atoms with Crippen molar-refractivity contribution >= 4 is 67.3 Å². The number of ether oxygens (including phenoxy) is 2. The minimum Gasteiger partial charge on any atom is -0.505 e. The van der Waals surface area contributed by atoms with Gasteiger partial charge in [0.05, 0.1) is 53.5 Å². The van der Waals surface area contributed by atoms with Gasteiger partial charge in [-0.2, -0.15) is 26.3 Å². The fraction of sp³-hybridized carbons (Fsp3) is 0.220. The minimum atomic E-state index is -5.45. The van der Waals surface area contributed by atoms with E-state index in [1.807, 2.05) is 30.3 Å². The molecule has 5 aromatic carbocycles. The average Bonchev–Trinajstić information content (AvgIpc) is 3.36. The van der Waals surface area contributed by atoms with Crippen molar-refractivity contribution in [2.24, 2.45) is 0 Å². The second-order valence-corrected chi connectivity index (χ2v) is 17.2. The molecule has 3 heterocycles. The Labute approximate surface area is 431 Å². The molecule has 404 valence electrons. The monoisotopic (exact) mass is 1120 g/mol. The molecule has 0 spiro atoms. The Morgan fingerprint density at radius 2 is 1.07 bits per heavy atom. The molecule has 76 heavy (non-hydrogen) atoms. The number of alkyl halides is 6. The zero-order valence-electron chi connectivity index (χ0n) is 39.0. The molecule has 8 rings (SSSR count). The standard InChI is InChI=1S/C22H20ClF5N2O4.C19H14ClF5N2O4.C9H7NO/c1-3-34-10-21(32,22(26,27)28)20(13-4-6-16(33-2)19(25)18(13)23)30-15-9-11(24)8-14-12(15)5-7-17(31)29-14;20-15-10(1-3-13(29)16(15)22)17(18(31,7-28)19(23,24)25)27-12-6-8(21)5-11-9(12)2-4-14(30)26-11;11-9-6-5-7-3-1-2-4-8(7)10-9/h4-9,20,30,32H,3,10H2,1-2H3,(H,29,31);1-6,17,27-29,31H,7H2,(H,26,30);1-6H,(H,10,11). The number of methoxy groups -OCH3 is 1. The highest BCUT2D eigenvalue weighted by Crippen LogP contribution is 2.48. The number of fused-ring (bicyclic) bond motifs is 3. The number of benzene rings is 5. The van der Waals surface area contributed by atoms with Crippen molar-refractivity contribution in [3.8, 4) is 11.5 Å². The molecule has 0 aliphatic rings. The predicted molar refractivity (Wildman–Crippen MR) is 263 cm³/mol. The van der Waals surface area contributed by atoms with Gasteiger partial charge in [0.15, 0.2) is 23.1 Å². The number of rotatable bonds is 13. The van der Waals surface area contributed by atoms with E-state index in [2.05, 4.69) is 25.6 Å². The molecule has 26 heteroatoms. The lowest BCUT2D eigenvalue weighted by atomic mass is 9.87. The number of anilines is 2. The van der Waals surface area contributed by atoms with Gasteiger partial charge >= 0.3 is 12.4 Å². The Hall–Kier alpha value is -7.35. The molecule has 0 amide bonds. The second kappa shape index (κ2) is 23.3. The first kappa shape index (κ1) is 57.9. The van der Waals surface area contributed by atoms with Crippen molar-refractivity contribution in [3.05, 3.63) is 185 Å². The molecule has 0 bridgehead atoms. The van der Waals surface area contributed by atoms with Crippen LogP contribution in [0.15, 0.2) is 124 Å². The van der Waals surface area contributed by atoms with Gasteiger partial charge in [0.1, 0.15) is 11.6 Å². The van der Waals surface area contributed by atoms with Crippen molar-refractivity contribution in [2.75, 3.05) is 37.6 Å². The van der Waals surface area contributed by atoms with Crippen LogP contribution in [0.2, 0.25) is 10.0 Å². The van der Waals surface area contributed by atoms with Crippen LogP contribution in [0.25, 0.3) is 32.7 Å². The van der Waals surface area contributed by atoms with Gasteiger partial charge in [0.2, 0.25) is 27.9 Å². The van der Waals surface area contributed by atoms with Crippen LogP contribution in [-0.4, -0.2) is 85.9 Å². The maximum Gasteiger partial charge on any atom is 0.421 e. The number of phenols is 1. The highest BCUT2D eigenvalue weighted by molar-refractivity contribution is 6.32. The summed E-state index contributed by atoms with van der Waals surface area (Å²) >= 11 is 11.8. The van der Waals surface area contributed by atoms with E-state index >= 15 is 0 Å². The number of phenolic OH excluding ortho intramolecular Hbond substituents is 1. The minimum absolute atomic E-state index is 0.0129. The zero-order chi connectivity index (χ0) is 56.1. The van der Waals surface area contributed by atoms with Crippen molar-refractivity contribution in [1.82, 2.24) is 15.0 Å². The summed E-state index contributed by atoms with van der Waals surface area (Å²) < 4.78 is 151. The summed E-state index contributed by atoms with van der Waals surface area (Å²) in [6.45, 7) is -1.84. The number of hydrogen-bond acceptors (Lipinski definition) is 11. The lowest BCUT2D eigenvalue weighted by Crippen LogP contribution is -2.56. The molecule has 0 aliphatic heterocycles. The van der Waals surface area contributed by atoms with E-state index in [1.165, 1.54) is 25.1 Å². The van der Waals surface area contributed by atoms with Gasteiger partial charge in [-0.25, -0.2) is 17.6 Å². The summed E-state index contributed by atoms with van der Waals surface area (Å²) in [5, 5.41) is 44.4. The van der Waals surface area contributed by atoms with Crippen LogP contribution in [0.5, 0.6) is 11.5 Å². The first-order valence-corrected chi connectivity index (χ1v) is 22.6. The summed E-state index contributed by atoms with van der Waals surface area (Å²) in [5.74, 6) is -5.73. The van der Waals surface area contributed by atoms with E-state index in [1.54, 1.807) is 0 Å². The number of pyridine rings is 3. The van der Waals surface area contributed by atoms with Gasteiger partial charge in [-0.15, -0.1) is 0 Å². The number of aliphatic hydroxyl groups is 3. The Morgan fingerprint density at radius 1 is 0.605 bits per heavy atom. The number of H-pyrrole nitrogens is 3. The summed E-state index contributed by atoms with van der Waals surface area (Å²) in [6, 6.07) is 18.3. The molecular formula is C50H41Cl2F10N5O9. The maximum atomic E-state index is 14.7. The average molecular weight is 1120 g/mol. The molecule has 8 aromatic rings. The van der Waals surface area contributed by atoms with Gasteiger partial charge in [0.25, 0.3) is 0 Å². The van der Waals surface area contributed by atoms with Crippen molar-refractivity contribution < 1.29 is 73.8 Å². The number of nitrogens with one attached hydrogen (secondary N) is 5. The Bertz CT molecular complexity index is 3580. The number of aromatic nitrogens is 3. The Balaban J connectivity index is 0.000000205. The van der Waals surface area contributed by atoms with Crippen LogP contribution < -0.4 is 32.0 Å². The Kier molecular flexibility index (Phi) is 17.7. The first-order chi connectivity index (χ1) is 35.7. The van der Waals surface area contributed by atoms with Gasteiger partial charge in [0, 0.05) is 52.5 Å². The number of aliphatic hydroxyl groups excluding tert-OH is 1. The van der Waals surface area contributed by atoms with E-state index in [9.17, 15) is 78.7 Å². The largest absolute Gasteiger partial charge is 0.505 e. The summed E-state index contributed by atoms with van der Waals surface area (Å²) in [7, 11) is 1.14. The van der Waals surface area contributed by atoms with Crippen molar-refractivity contribution in [1.29, 1.82) is 0 Å². The van der Waals surface area contributed by atoms with Crippen LogP contribution in [0, 0.1) is 23.3 Å². The number of aromatic amines is 3. The Morgan fingerprint density at radius 3 is 1.55 bits per heavy atom. The highest BCUT2D eigenvalue weighted by atomic mass is 35.5. The lowest BCUT2D eigenvalue weighted by molar-refractivity contribution is -0.281. The van der Waals surface area contributed by atoms with E-state index < -0.39 is 110 Å². The smallest absolute Gasteiger partial charge is 0.421 e. The normalized spacial score (nSPS) is 14.1. The number of halogens is 12. The molecule has 9 N–H and O–H groups in total. The molecule has 14 nitrogen and oxygen atoms in total. The highest BCUT2D eigenvalue weighted by Gasteiger charge is 2.61. The molecule has 0 saturated heterocycles. The van der Waals surface area contributed by atoms with E-state index in [4.69, 9.17) is 32.7 Å². The van der Waals surface area contributed by atoms with Crippen LogP contribution in [0.1, 0.15) is 30.1 Å². The van der Waals surface area contributed by atoms with Gasteiger partial charge in [-0.05, 0) is 84.1 Å². The van der Waals surface area contributed by atoms with Crippen LogP contribution in [0.4, 0.5) is 55.3 Å². The quantitative estimate of drug-likeness (QED) is 0.0494. The third-order valence-electron chi connectivity index (χ3n) is 11.6. The fourth-order valence-corrected chi connectivity index (χ4v) is 8.19. The molecule has 0 radical (unpaired) electrons. The SMILES string of the molecule is CCOCC(O)(C(Nc1cc(F)cc2[nH]c(=O)ccc12)c1ccc(OC)c(F)c1Cl)C(F)(F)F.O=c1ccc2c(NC(c3ccc(O)c(F)c3Cl)C(O)(CO)C(F)(F)F)cc(F)cc2[nH]1.O=c1ccc2ccccc2[nH]1. The third kappa shape index (κ3) is 12.3. The van der Waals surface area contributed by atoms with E-state index in [0.717, 1.165) is 72.6 Å². The lowest BCUT2D eigenvalue weighted by Gasteiger charge is -2.39.